The van der Waals surface area contributed by atoms with Crippen LogP contribution in [-0.4, -0.2) is 21.3 Å². The average molecular weight is 180 g/mol. The Labute approximate surface area is 76.6 Å². The number of aromatic nitrogens is 2. The predicted molar refractivity (Wildman–Crippen MR) is 47.5 cm³/mol. The maximum atomic E-state index is 11.4. The Morgan fingerprint density at radius 2 is 2.23 bits per heavy atom. The van der Waals surface area contributed by atoms with Crippen molar-refractivity contribution in [3.8, 4) is 0 Å². The molecule has 0 aliphatic heterocycles. The lowest BCUT2D eigenvalue weighted by atomic mass is 10.1. The van der Waals surface area contributed by atoms with E-state index in [9.17, 15) is 9.59 Å². The van der Waals surface area contributed by atoms with Crippen LogP contribution in [0, 0.1) is 0 Å². The van der Waals surface area contributed by atoms with Gasteiger partial charge in [0.15, 0.2) is 5.78 Å². The van der Waals surface area contributed by atoms with Crippen LogP contribution >= 0.6 is 0 Å². The molecule has 13 heavy (non-hydrogen) atoms. The molecule has 0 unspecified atom stereocenters. The van der Waals surface area contributed by atoms with Gasteiger partial charge in [-0.25, -0.2) is 0 Å². The van der Waals surface area contributed by atoms with Gasteiger partial charge < -0.3 is 0 Å². The van der Waals surface area contributed by atoms with Crippen molar-refractivity contribution in [2.45, 2.75) is 19.8 Å². The average Bonchev–Trinajstić information content (AvgIpc) is 2.51. The molecule has 70 valence electrons. The van der Waals surface area contributed by atoms with Crippen molar-refractivity contribution in [2.75, 3.05) is 0 Å². The van der Waals surface area contributed by atoms with Crippen LogP contribution in [0.3, 0.4) is 0 Å². The lowest BCUT2D eigenvalue weighted by Crippen LogP contribution is -2.11. The van der Waals surface area contributed by atoms with Crippen LogP contribution < -0.4 is 0 Å². The first-order valence-electron chi connectivity index (χ1n) is 4.18. The highest BCUT2D eigenvalue weighted by Crippen LogP contribution is 2.02. The van der Waals surface area contributed by atoms with Gasteiger partial charge in [0, 0.05) is 19.7 Å². The summed E-state index contributed by atoms with van der Waals surface area (Å²) in [4.78, 5) is 22.4. The Bertz CT molecular complexity index is 328. The van der Waals surface area contributed by atoms with E-state index in [0.717, 1.165) is 0 Å². The Kier molecular flexibility index (Phi) is 2.95. The van der Waals surface area contributed by atoms with E-state index in [-0.39, 0.29) is 18.0 Å². The summed E-state index contributed by atoms with van der Waals surface area (Å²) in [6.45, 7) is 1.75. The van der Waals surface area contributed by atoms with Gasteiger partial charge in [0.25, 0.3) is 0 Å². The van der Waals surface area contributed by atoms with Gasteiger partial charge in [0.1, 0.15) is 11.5 Å². The summed E-state index contributed by atoms with van der Waals surface area (Å²) in [5, 5.41) is 3.86. The third kappa shape index (κ3) is 2.24. The monoisotopic (exact) mass is 180 g/mol. The third-order valence-corrected chi connectivity index (χ3v) is 1.86. The quantitative estimate of drug-likeness (QED) is 0.512. The summed E-state index contributed by atoms with van der Waals surface area (Å²) in [6.07, 6.45) is 1.93. The number of hydrogen-bond acceptors (Lipinski definition) is 3. The molecule has 0 spiro atoms. The molecule has 0 aliphatic rings. The van der Waals surface area contributed by atoms with Gasteiger partial charge in [-0.3, -0.25) is 14.3 Å². The molecule has 1 aromatic heterocycles. The van der Waals surface area contributed by atoms with Gasteiger partial charge in [-0.2, -0.15) is 5.10 Å². The minimum absolute atomic E-state index is 0.0178. The summed E-state index contributed by atoms with van der Waals surface area (Å²) >= 11 is 0. The summed E-state index contributed by atoms with van der Waals surface area (Å²) in [6, 6.07) is 1.62. The molecule has 0 fully saturated rings. The molecule has 0 aromatic carbocycles. The zero-order valence-electron chi connectivity index (χ0n) is 7.78. The van der Waals surface area contributed by atoms with Crippen molar-refractivity contribution in [3.05, 3.63) is 18.0 Å². The fraction of sp³-hybridized carbons (Fsp3) is 0.444. The number of hydrogen-bond donors (Lipinski definition) is 0. The number of rotatable bonds is 4. The summed E-state index contributed by atoms with van der Waals surface area (Å²) in [5.74, 6) is -0.196. The minimum atomic E-state index is -0.160. The number of ketones is 2. The van der Waals surface area contributed by atoms with Gasteiger partial charge in [-0.1, -0.05) is 6.92 Å². The molecule has 4 heteroatoms. The molecule has 0 saturated heterocycles. The molecule has 0 atom stereocenters. The maximum Gasteiger partial charge on any atom is 0.188 e. The fourth-order valence-electron chi connectivity index (χ4n) is 1.04. The highest BCUT2D eigenvalue weighted by Gasteiger charge is 2.12. The number of carbonyl (C=O) groups excluding carboxylic acids is 2. The molecule has 0 amide bonds. The topological polar surface area (TPSA) is 52.0 Å². The van der Waals surface area contributed by atoms with Gasteiger partial charge in [-0.05, 0) is 6.07 Å². The minimum Gasteiger partial charge on any atom is -0.299 e. The summed E-state index contributed by atoms with van der Waals surface area (Å²) in [7, 11) is 1.68. The van der Waals surface area contributed by atoms with Gasteiger partial charge in [0.05, 0.1) is 6.42 Å². The molecule has 0 radical (unpaired) electrons. The number of carbonyl (C=O) groups is 2. The fourth-order valence-corrected chi connectivity index (χ4v) is 1.04. The molecule has 0 bridgehead atoms. The molecule has 0 aliphatic carbocycles. The van der Waals surface area contributed by atoms with Crippen molar-refractivity contribution in [2.24, 2.45) is 7.05 Å². The SMILES string of the molecule is CCC(=O)CC(=O)c1ccnn1C. The molecule has 0 N–H and O–H groups in total. The molecular weight excluding hydrogens is 168 g/mol. The van der Waals surface area contributed by atoms with Crippen LogP contribution in [0.25, 0.3) is 0 Å². The second-order valence-corrected chi connectivity index (χ2v) is 2.83. The maximum absolute atomic E-state index is 11.4. The number of nitrogens with zero attached hydrogens (tertiary/aromatic N) is 2. The van der Waals surface area contributed by atoms with E-state index in [4.69, 9.17) is 0 Å². The van der Waals surface area contributed by atoms with Crippen LogP contribution in [0.1, 0.15) is 30.3 Å². The molecule has 0 saturated carbocycles. The Morgan fingerprint density at radius 3 is 2.69 bits per heavy atom. The van der Waals surface area contributed by atoms with Crippen molar-refractivity contribution >= 4 is 11.6 Å². The molecule has 1 heterocycles. The van der Waals surface area contributed by atoms with Gasteiger partial charge >= 0.3 is 0 Å². The number of aryl methyl sites for hydroxylation is 1. The van der Waals surface area contributed by atoms with E-state index in [2.05, 4.69) is 5.10 Å². The first kappa shape index (κ1) is 9.64. The Hall–Kier alpha value is -1.45. The van der Waals surface area contributed by atoms with E-state index in [1.807, 2.05) is 0 Å². The predicted octanol–water partition coefficient (Wildman–Crippen LogP) is 0.972. The highest BCUT2D eigenvalue weighted by molar-refractivity contribution is 6.06. The molecular formula is C9H12N2O2. The van der Waals surface area contributed by atoms with E-state index in [0.29, 0.717) is 12.1 Å². The first-order valence-corrected chi connectivity index (χ1v) is 4.18. The summed E-state index contributed by atoms with van der Waals surface area (Å²) in [5.41, 5.74) is 0.488. The summed E-state index contributed by atoms with van der Waals surface area (Å²) < 4.78 is 1.48. The zero-order chi connectivity index (χ0) is 9.84. The molecule has 1 aromatic rings. The second kappa shape index (κ2) is 3.98. The van der Waals surface area contributed by atoms with Crippen LogP contribution in [0.15, 0.2) is 12.3 Å². The van der Waals surface area contributed by atoms with E-state index < -0.39 is 0 Å². The van der Waals surface area contributed by atoms with E-state index >= 15 is 0 Å². The third-order valence-electron chi connectivity index (χ3n) is 1.86. The van der Waals surface area contributed by atoms with Crippen LogP contribution in [0.2, 0.25) is 0 Å². The van der Waals surface area contributed by atoms with E-state index in [1.165, 1.54) is 4.68 Å². The van der Waals surface area contributed by atoms with Crippen LogP contribution in [0.4, 0.5) is 0 Å². The van der Waals surface area contributed by atoms with Gasteiger partial charge in [0.2, 0.25) is 0 Å². The highest BCUT2D eigenvalue weighted by atomic mass is 16.1. The largest absolute Gasteiger partial charge is 0.299 e. The first-order chi connectivity index (χ1) is 6.15. The molecule has 4 nitrogen and oxygen atoms in total. The Morgan fingerprint density at radius 1 is 1.54 bits per heavy atom. The zero-order valence-corrected chi connectivity index (χ0v) is 7.78. The number of Topliss-reactive ketones (excluding diaryl/α,β-unsaturated/α-hetero) is 2. The van der Waals surface area contributed by atoms with Crippen molar-refractivity contribution in [3.63, 3.8) is 0 Å². The molecule has 1 rings (SSSR count). The van der Waals surface area contributed by atoms with Crippen LogP contribution in [-0.2, 0) is 11.8 Å². The Balaban J connectivity index is 2.69. The van der Waals surface area contributed by atoms with Crippen molar-refractivity contribution < 1.29 is 9.59 Å². The standard InChI is InChI=1S/C9H12N2O2/c1-3-7(12)6-9(13)8-4-5-10-11(8)2/h4-5H,3,6H2,1-2H3. The lowest BCUT2D eigenvalue weighted by molar-refractivity contribution is -0.117. The smallest absolute Gasteiger partial charge is 0.188 e. The second-order valence-electron chi connectivity index (χ2n) is 2.83. The normalized spacial score (nSPS) is 10.0. The van der Waals surface area contributed by atoms with Crippen molar-refractivity contribution in [1.82, 2.24) is 9.78 Å². The van der Waals surface area contributed by atoms with E-state index in [1.54, 1.807) is 26.2 Å². The van der Waals surface area contributed by atoms with Gasteiger partial charge in [-0.15, -0.1) is 0 Å². The van der Waals surface area contributed by atoms with Crippen molar-refractivity contribution in [1.29, 1.82) is 0 Å². The lowest BCUT2D eigenvalue weighted by Gasteiger charge is -1.98. The van der Waals surface area contributed by atoms with Crippen LogP contribution in [0.5, 0.6) is 0 Å².